The molecule has 0 aliphatic heterocycles. The number of nitrogens with zero attached hydrogens (tertiary/aromatic N) is 2. The molecule has 1 aliphatic carbocycles. The summed E-state index contributed by atoms with van der Waals surface area (Å²) < 4.78 is 0. The summed E-state index contributed by atoms with van der Waals surface area (Å²) in [6.07, 6.45) is 0. The molecule has 0 bridgehead atoms. The maximum atomic E-state index is 5.06. The summed E-state index contributed by atoms with van der Waals surface area (Å²) in [5.74, 6) is 0. The van der Waals surface area contributed by atoms with Crippen LogP contribution in [0.3, 0.4) is 0 Å². The van der Waals surface area contributed by atoms with E-state index in [-0.39, 0.29) is 0 Å². The summed E-state index contributed by atoms with van der Waals surface area (Å²) in [5.41, 5.74) is 6.34. The summed E-state index contributed by atoms with van der Waals surface area (Å²) in [6, 6.07) is 25.4. The third kappa shape index (κ3) is 1.41. The van der Waals surface area contributed by atoms with Crippen LogP contribution in [-0.4, -0.2) is 9.97 Å². The lowest BCUT2D eigenvalue weighted by molar-refractivity contribution is 1.33. The maximum Gasteiger partial charge on any atom is 0.0980 e. The van der Waals surface area contributed by atoms with Crippen molar-refractivity contribution in [2.75, 3.05) is 0 Å². The van der Waals surface area contributed by atoms with Gasteiger partial charge in [-0.3, -0.25) is 0 Å². The first-order chi connectivity index (χ1) is 11.9. The fourth-order valence-corrected chi connectivity index (χ4v) is 3.90. The molecule has 5 aromatic rings. The van der Waals surface area contributed by atoms with E-state index in [0.29, 0.717) is 0 Å². The Balaban J connectivity index is 1.83. The number of fused-ring (bicyclic) bond motifs is 6. The number of rotatable bonds is 0. The monoisotopic (exact) mass is 304 g/mol. The van der Waals surface area contributed by atoms with Crippen LogP contribution in [-0.2, 0) is 0 Å². The number of hydrogen-bond donors (Lipinski definition) is 0. The Bertz CT molecular complexity index is 1300. The molecule has 0 saturated heterocycles. The molecule has 0 fully saturated rings. The van der Waals surface area contributed by atoms with Crippen molar-refractivity contribution in [3.8, 4) is 22.5 Å². The van der Waals surface area contributed by atoms with Gasteiger partial charge in [0.1, 0.15) is 0 Å². The van der Waals surface area contributed by atoms with Crippen molar-refractivity contribution in [2.45, 2.75) is 0 Å². The summed E-state index contributed by atoms with van der Waals surface area (Å²) in [4.78, 5) is 10.0. The van der Waals surface area contributed by atoms with Crippen LogP contribution >= 0.6 is 0 Å². The van der Waals surface area contributed by atoms with E-state index in [0.717, 1.165) is 27.8 Å². The largest absolute Gasteiger partial charge is 0.244 e. The van der Waals surface area contributed by atoms with Gasteiger partial charge in [-0.2, -0.15) is 0 Å². The van der Waals surface area contributed by atoms with Gasteiger partial charge in [-0.25, -0.2) is 9.97 Å². The molecule has 4 aromatic carbocycles. The molecule has 1 aromatic heterocycles. The van der Waals surface area contributed by atoms with Crippen LogP contribution in [0.15, 0.2) is 72.8 Å². The lowest BCUT2D eigenvalue weighted by Gasteiger charge is -2.06. The molecule has 6 rings (SSSR count). The molecule has 0 saturated carbocycles. The van der Waals surface area contributed by atoms with E-state index in [1.807, 2.05) is 0 Å². The Hall–Kier alpha value is -3.26. The van der Waals surface area contributed by atoms with Gasteiger partial charge in [-0.05, 0) is 16.8 Å². The van der Waals surface area contributed by atoms with Crippen LogP contribution in [0.25, 0.3) is 55.1 Å². The number of benzene rings is 4. The Morgan fingerprint density at radius 1 is 0.542 bits per heavy atom. The molecule has 0 N–H and O–H groups in total. The van der Waals surface area contributed by atoms with Gasteiger partial charge in [-0.1, -0.05) is 66.7 Å². The fraction of sp³-hybridized carbons (Fsp3) is 0. The molecule has 0 radical (unpaired) electrons. The van der Waals surface area contributed by atoms with Gasteiger partial charge in [0.25, 0.3) is 0 Å². The molecule has 0 unspecified atom stereocenters. The lowest BCUT2D eigenvalue weighted by atomic mass is 10.0. The second-order valence-electron chi connectivity index (χ2n) is 6.28. The summed E-state index contributed by atoms with van der Waals surface area (Å²) >= 11 is 0. The molecule has 110 valence electrons. The van der Waals surface area contributed by atoms with E-state index in [1.165, 1.54) is 27.3 Å². The van der Waals surface area contributed by atoms with Gasteiger partial charge >= 0.3 is 0 Å². The molecule has 2 heteroatoms. The number of aromatic nitrogens is 2. The zero-order chi connectivity index (χ0) is 15.7. The number of hydrogen-bond acceptors (Lipinski definition) is 2. The summed E-state index contributed by atoms with van der Waals surface area (Å²) in [7, 11) is 0. The second kappa shape index (κ2) is 4.18. The molecular formula is C22H12N2. The maximum absolute atomic E-state index is 5.06. The van der Waals surface area contributed by atoms with Crippen molar-refractivity contribution in [1.82, 2.24) is 9.97 Å². The van der Waals surface area contributed by atoms with Gasteiger partial charge in [0.15, 0.2) is 0 Å². The zero-order valence-electron chi connectivity index (χ0n) is 12.8. The van der Waals surface area contributed by atoms with Crippen molar-refractivity contribution in [3.63, 3.8) is 0 Å². The smallest absolute Gasteiger partial charge is 0.0980 e. The van der Waals surface area contributed by atoms with E-state index in [1.54, 1.807) is 0 Å². The van der Waals surface area contributed by atoms with Crippen molar-refractivity contribution < 1.29 is 0 Å². The quantitative estimate of drug-likeness (QED) is 0.342. The average Bonchev–Trinajstić information content (AvgIpc) is 2.96. The van der Waals surface area contributed by atoms with Gasteiger partial charge in [-0.15, -0.1) is 0 Å². The molecular weight excluding hydrogens is 292 g/mol. The van der Waals surface area contributed by atoms with E-state index in [9.17, 15) is 0 Å². The van der Waals surface area contributed by atoms with Crippen LogP contribution in [0, 0.1) is 0 Å². The fourth-order valence-electron chi connectivity index (χ4n) is 3.90. The minimum atomic E-state index is 0.956. The Kier molecular flexibility index (Phi) is 2.12. The van der Waals surface area contributed by atoms with Crippen molar-refractivity contribution in [2.24, 2.45) is 0 Å². The van der Waals surface area contributed by atoms with Crippen molar-refractivity contribution in [1.29, 1.82) is 0 Å². The standard InChI is InChI=1S/C22H12N2/c1-2-8-15-13(5-1)11-12-18-20(15)24-22-17-10-4-7-14-6-3-9-16(19(14)17)21(22)23-18/h1-12H. The molecule has 2 nitrogen and oxygen atoms in total. The lowest BCUT2D eigenvalue weighted by Crippen LogP contribution is -1.91. The van der Waals surface area contributed by atoms with Gasteiger partial charge in [0.2, 0.25) is 0 Å². The van der Waals surface area contributed by atoms with E-state index in [2.05, 4.69) is 72.8 Å². The van der Waals surface area contributed by atoms with Gasteiger partial charge < -0.3 is 0 Å². The van der Waals surface area contributed by atoms with Crippen LogP contribution in [0.1, 0.15) is 0 Å². The minimum absolute atomic E-state index is 0.956. The molecule has 0 amide bonds. The van der Waals surface area contributed by atoms with Crippen LogP contribution in [0.2, 0.25) is 0 Å². The molecule has 0 spiro atoms. The minimum Gasteiger partial charge on any atom is -0.244 e. The summed E-state index contributed by atoms with van der Waals surface area (Å²) in [5, 5.41) is 4.88. The highest BCUT2D eigenvalue weighted by Crippen LogP contribution is 2.45. The second-order valence-corrected chi connectivity index (χ2v) is 6.28. The van der Waals surface area contributed by atoms with Crippen LogP contribution in [0.4, 0.5) is 0 Å². The van der Waals surface area contributed by atoms with E-state index in [4.69, 9.17) is 9.97 Å². The molecule has 24 heavy (non-hydrogen) atoms. The molecule has 1 heterocycles. The first kappa shape index (κ1) is 12.2. The molecule has 1 aliphatic rings. The van der Waals surface area contributed by atoms with Crippen LogP contribution in [0.5, 0.6) is 0 Å². The third-order valence-electron chi connectivity index (χ3n) is 4.97. The Labute approximate surface area is 138 Å². The highest BCUT2D eigenvalue weighted by molar-refractivity contribution is 6.15. The van der Waals surface area contributed by atoms with Gasteiger partial charge in [0.05, 0.1) is 22.4 Å². The average molecular weight is 304 g/mol. The molecule has 0 atom stereocenters. The predicted molar refractivity (Wildman–Crippen MR) is 99.0 cm³/mol. The first-order valence-electron chi connectivity index (χ1n) is 8.12. The first-order valence-corrected chi connectivity index (χ1v) is 8.12. The van der Waals surface area contributed by atoms with Crippen molar-refractivity contribution >= 4 is 32.6 Å². The highest BCUT2D eigenvalue weighted by Gasteiger charge is 2.24. The van der Waals surface area contributed by atoms with Crippen molar-refractivity contribution in [3.05, 3.63) is 72.8 Å². The highest BCUT2D eigenvalue weighted by atomic mass is 14.8. The topological polar surface area (TPSA) is 25.8 Å². The SMILES string of the molecule is c1cc2c3c(cccc3c1)-c1nc3c(ccc4ccccc43)nc1-2. The third-order valence-corrected chi connectivity index (χ3v) is 4.97. The normalized spacial score (nSPS) is 12.2. The van der Waals surface area contributed by atoms with Crippen LogP contribution < -0.4 is 0 Å². The Morgan fingerprint density at radius 2 is 1.25 bits per heavy atom. The van der Waals surface area contributed by atoms with E-state index < -0.39 is 0 Å². The zero-order valence-corrected chi connectivity index (χ0v) is 12.8. The Morgan fingerprint density at radius 3 is 2.08 bits per heavy atom. The predicted octanol–water partition coefficient (Wildman–Crippen LogP) is 5.58. The van der Waals surface area contributed by atoms with Gasteiger partial charge in [0, 0.05) is 21.9 Å². The van der Waals surface area contributed by atoms with E-state index >= 15 is 0 Å². The summed E-state index contributed by atoms with van der Waals surface area (Å²) in [6.45, 7) is 0.